The van der Waals surface area contributed by atoms with Crippen LogP contribution in [0.5, 0.6) is 11.5 Å². The van der Waals surface area contributed by atoms with E-state index in [0.717, 1.165) is 48.4 Å². The lowest BCUT2D eigenvalue weighted by Gasteiger charge is -2.38. The first kappa shape index (κ1) is 27.2. The molecule has 0 atom stereocenters. The highest BCUT2D eigenvalue weighted by molar-refractivity contribution is 6.30. The number of hydrogen-bond donors (Lipinski definition) is 1. The molecule has 204 valence electrons. The average Bonchev–Trinajstić information content (AvgIpc) is 3.09. The fraction of sp³-hybridized carbons (Fsp3) is 0.355. The van der Waals surface area contributed by atoms with Gasteiger partial charge in [-0.15, -0.1) is 0 Å². The molecule has 3 heterocycles. The molecule has 1 N–H and O–H groups in total. The molecule has 1 saturated heterocycles. The molecule has 0 amide bonds. The Morgan fingerprint density at radius 1 is 1.10 bits per heavy atom. The number of esters is 1. The van der Waals surface area contributed by atoms with Gasteiger partial charge in [-0.1, -0.05) is 41.9 Å². The van der Waals surface area contributed by atoms with Crippen molar-refractivity contribution in [3.63, 3.8) is 0 Å². The quantitative estimate of drug-likeness (QED) is 0.299. The lowest BCUT2D eigenvalue weighted by Crippen LogP contribution is -2.42. The molecule has 7 nitrogen and oxygen atoms in total. The first-order chi connectivity index (χ1) is 18.9. The molecule has 1 aromatic heterocycles. The van der Waals surface area contributed by atoms with Gasteiger partial charge in [0.1, 0.15) is 24.7 Å². The second kappa shape index (κ2) is 12.2. The molecule has 0 saturated carbocycles. The monoisotopic (exact) mass is 548 g/mol. The van der Waals surface area contributed by atoms with Gasteiger partial charge in [0.2, 0.25) is 0 Å². The van der Waals surface area contributed by atoms with Crippen molar-refractivity contribution in [1.29, 1.82) is 0 Å². The maximum atomic E-state index is 11.2. The number of aliphatic hydroxyl groups is 1. The SMILES string of the molecule is CC(=O)OCCOc1cccc2c1OC(=CCCN1CCC(O)(c3ccc(Cl)cc3)CC1)c1ncccc1C2. The molecule has 0 aliphatic carbocycles. The van der Waals surface area contributed by atoms with Gasteiger partial charge in [-0.2, -0.15) is 0 Å². The van der Waals surface area contributed by atoms with Crippen LogP contribution < -0.4 is 9.47 Å². The predicted octanol–water partition coefficient (Wildman–Crippen LogP) is 5.37. The standard InChI is InChI=1S/C31H33ClN2O5/c1-22(35)37-19-20-38-28-7-2-5-24-21-23-6-3-15-33-29(23)27(39-30(24)28)8-4-16-34-17-13-31(36,14-18-34)25-9-11-26(32)12-10-25/h2-3,5-12,15,36H,4,13-14,16-21H2,1H3. The highest BCUT2D eigenvalue weighted by Gasteiger charge is 2.33. The van der Waals surface area contributed by atoms with Crippen molar-refractivity contribution in [2.75, 3.05) is 32.8 Å². The van der Waals surface area contributed by atoms with E-state index in [1.807, 2.05) is 48.5 Å². The minimum Gasteiger partial charge on any atom is -0.486 e. The van der Waals surface area contributed by atoms with Crippen LogP contribution in [0.1, 0.15) is 48.6 Å². The Kier molecular flexibility index (Phi) is 8.50. The number of ether oxygens (including phenoxy) is 3. The lowest BCUT2D eigenvalue weighted by molar-refractivity contribution is -0.141. The molecule has 8 heteroatoms. The topological polar surface area (TPSA) is 81.1 Å². The number of halogens is 1. The third-order valence-corrected chi connectivity index (χ3v) is 7.52. The molecule has 0 radical (unpaired) electrons. The van der Waals surface area contributed by atoms with Crippen molar-refractivity contribution in [3.05, 3.63) is 94.3 Å². The molecule has 5 rings (SSSR count). The molecule has 2 aliphatic heterocycles. The van der Waals surface area contributed by atoms with Crippen LogP contribution in [0.4, 0.5) is 0 Å². The van der Waals surface area contributed by atoms with E-state index in [2.05, 4.69) is 22.0 Å². The second-order valence-corrected chi connectivity index (χ2v) is 10.4. The Morgan fingerprint density at radius 3 is 2.64 bits per heavy atom. The Labute approximate surface area is 234 Å². The number of nitrogens with zero attached hydrogens (tertiary/aromatic N) is 2. The maximum Gasteiger partial charge on any atom is 0.302 e. The summed E-state index contributed by atoms with van der Waals surface area (Å²) in [6.45, 7) is 4.25. The third kappa shape index (κ3) is 6.61. The van der Waals surface area contributed by atoms with E-state index in [4.69, 9.17) is 25.8 Å². The summed E-state index contributed by atoms with van der Waals surface area (Å²) in [5, 5.41) is 11.9. The van der Waals surface area contributed by atoms with E-state index in [1.54, 1.807) is 6.20 Å². The molecule has 2 aliphatic rings. The fourth-order valence-corrected chi connectivity index (χ4v) is 5.27. The first-order valence-corrected chi connectivity index (χ1v) is 13.7. The summed E-state index contributed by atoms with van der Waals surface area (Å²) in [4.78, 5) is 18.1. The van der Waals surface area contributed by atoms with Crippen LogP contribution in [0.3, 0.4) is 0 Å². The summed E-state index contributed by atoms with van der Waals surface area (Å²) in [6, 6.07) is 17.4. The molecular formula is C31H33ClN2O5. The van der Waals surface area contributed by atoms with E-state index in [1.165, 1.54) is 6.92 Å². The van der Waals surface area contributed by atoms with Crippen molar-refractivity contribution in [2.24, 2.45) is 0 Å². The summed E-state index contributed by atoms with van der Waals surface area (Å²) in [7, 11) is 0. The van der Waals surface area contributed by atoms with E-state index < -0.39 is 5.60 Å². The Balaban J connectivity index is 1.26. The first-order valence-electron chi connectivity index (χ1n) is 13.3. The van der Waals surface area contributed by atoms with Crippen LogP contribution in [-0.4, -0.2) is 53.8 Å². The predicted molar refractivity (Wildman–Crippen MR) is 150 cm³/mol. The Bertz CT molecular complexity index is 1330. The van der Waals surface area contributed by atoms with Gasteiger partial charge in [0.25, 0.3) is 0 Å². The number of likely N-dealkylation sites (tertiary alicyclic amines) is 1. The number of hydrogen-bond acceptors (Lipinski definition) is 7. The van der Waals surface area contributed by atoms with E-state index in [9.17, 15) is 9.90 Å². The molecule has 0 spiro atoms. The minimum absolute atomic E-state index is 0.173. The molecule has 0 unspecified atom stereocenters. The number of para-hydroxylation sites is 1. The van der Waals surface area contributed by atoms with Crippen molar-refractivity contribution in [1.82, 2.24) is 9.88 Å². The zero-order valence-electron chi connectivity index (χ0n) is 22.1. The third-order valence-electron chi connectivity index (χ3n) is 7.26. The number of rotatable bonds is 8. The van der Waals surface area contributed by atoms with Crippen LogP contribution >= 0.6 is 11.6 Å². The molecule has 1 fully saturated rings. The van der Waals surface area contributed by atoms with Gasteiger partial charge >= 0.3 is 5.97 Å². The molecule has 39 heavy (non-hydrogen) atoms. The summed E-state index contributed by atoms with van der Waals surface area (Å²) in [5.41, 5.74) is 3.03. The lowest BCUT2D eigenvalue weighted by atomic mass is 9.84. The average molecular weight is 549 g/mol. The molecular weight excluding hydrogens is 516 g/mol. The van der Waals surface area contributed by atoms with Gasteiger partial charge in [-0.3, -0.25) is 9.78 Å². The number of carbonyl (C=O) groups is 1. The summed E-state index contributed by atoms with van der Waals surface area (Å²) in [6.07, 6.45) is 6.67. The van der Waals surface area contributed by atoms with Crippen LogP contribution in [0.25, 0.3) is 5.76 Å². The van der Waals surface area contributed by atoms with Gasteiger partial charge in [0.05, 0.1) is 5.60 Å². The fourth-order valence-electron chi connectivity index (χ4n) is 5.15. The van der Waals surface area contributed by atoms with Crippen molar-refractivity contribution in [2.45, 2.75) is 38.2 Å². The number of carbonyl (C=O) groups excluding carboxylic acids is 1. The number of piperidine rings is 1. The van der Waals surface area contributed by atoms with Gasteiger partial charge < -0.3 is 24.2 Å². The van der Waals surface area contributed by atoms with E-state index in [0.29, 0.717) is 41.5 Å². The summed E-state index contributed by atoms with van der Waals surface area (Å²) in [5.74, 6) is 1.64. The number of aromatic nitrogens is 1. The summed E-state index contributed by atoms with van der Waals surface area (Å²) < 4.78 is 17.4. The molecule has 0 bridgehead atoms. The van der Waals surface area contributed by atoms with Crippen molar-refractivity contribution < 1.29 is 24.1 Å². The Hall–Kier alpha value is -3.39. The molecule has 2 aromatic carbocycles. The van der Waals surface area contributed by atoms with E-state index in [-0.39, 0.29) is 19.2 Å². The smallest absolute Gasteiger partial charge is 0.302 e. The van der Waals surface area contributed by atoms with Gasteiger partial charge in [0.15, 0.2) is 11.5 Å². The normalized spacial score (nSPS) is 17.5. The van der Waals surface area contributed by atoms with Gasteiger partial charge in [-0.05, 0) is 60.7 Å². The van der Waals surface area contributed by atoms with E-state index >= 15 is 0 Å². The van der Waals surface area contributed by atoms with Gasteiger partial charge in [0, 0.05) is 49.8 Å². The zero-order valence-corrected chi connectivity index (χ0v) is 22.8. The van der Waals surface area contributed by atoms with Crippen LogP contribution in [0.2, 0.25) is 5.02 Å². The largest absolute Gasteiger partial charge is 0.486 e. The number of fused-ring (bicyclic) bond motifs is 2. The maximum absolute atomic E-state index is 11.2. The van der Waals surface area contributed by atoms with Crippen LogP contribution in [0, 0.1) is 0 Å². The number of pyridine rings is 1. The highest BCUT2D eigenvalue weighted by atomic mass is 35.5. The van der Waals surface area contributed by atoms with Gasteiger partial charge in [-0.25, -0.2) is 0 Å². The number of benzene rings is 2. The molecule has 3 aromatic rings. The summed E-state index contributed by atoms with van der Waals surface area (Å²) >= 11 is 6.02. The van der Waals surface area contributed by atoms with Crippen LogP contribution in [-0.2, 0) is 21.6 Å². The Morgan fingerprint density at radius 2 is 1.87 bits per heavy atom. The van der Waals surface area contributed by atoms with Crippen molar-refractivity contribution in [3.8, 4) is 11.5 Å². The van der Waals surface area contributed by atoms with Crippen LogP contribution in [0.15, 0.2) is 66.9 Å². The highest BCUT2D eigenvalue weighted by Crippen LogP contribution is 2.39. The zero-order chi connectivity index (χ0) is 27.2. The van der Waals surface area contributed by atoms with Crippen molar-refractivity contribution >= 4 is 23.3 Å². The second-order valence-electron chi connectivity index (χ2n) is 9.96. The minimum atomic E-state index is -0.817.